The average molecular weight is 255 g/mol. The van der Waals surface area contributed by atoms with Gasteiger partial charge < -0.3 is 10.1 Å². The van der Waals surface area contributed by atoms with Crippen LogP contribution in [0.4, 0.5) is 0 Å². The fraction of sp³-hybridized carbons (Fsp3) is 0.312. The third-order valence-electron chi connectivity index (χ3n) is 3.86. The monoisotopic (exact) mass is 255 g/mol. The lowest BCUT2D eigenvalue weighted by Gasteiger charge is -2.26. The highest BCUT2D eigenvalue weighted by Gasteiger charge is 2.26. The smallest absolute Gasteiger partial charge is 0.251 e. The van der Waals surface area contributed by atoms with E-state index in [2.05, 4.69) is 18.3 Å². The van der Waals surface area contributed by atoms with Gasteiger partial charge in [-0.2, -0.15) is 0 Å². The molecule has 0 fully saturated rings. The number of methoxy groups -OCH3 is 1. The van der Waals surface area contributed by atoms with Crippen LogP contribution in [0, 0.1) is 0 Å². The number of nitrogens with one attached hydrogen (secondary N) is 1. The van der Waals surface area contributed by atoms with E-state index in [1.54, 1.807) is 7.11 Å². The lowest BCUT2D eigenvalue weighted by atomic mass is 9.89. The van der Waals surface area contributed by atoms with E-state index in [4.69, 9.17) is 4.74 Å². The number of fused-ring (bicyclic) bond motifs is 3. The lowest BCUT2D eigenvalue weighted by Crippen LogP contribution is -2.41. The molecule has 2 aromatic carbocycles. The Bertz CT molecular complexity index is 648. The molecule has 0 saturated carbocycles. The van der Waals surface area contributed by atoms with Crippen molar-refractivity contribution in [3.05, 3.63) is 41.5 Å². The summed E-state index contributed by atoms with van der Waals surface area (Å²) in [5.74, 6) is 0.775. The summed E-state index contributed by atoms with van der Waals surface area (Å²) in [5.41, 5.74) is 1.90. The number of hydrogen-bond donors (Lipinski definition) is 1. The largest absolute Gasteiger partial charge is 0.496 e. The third-order valence-corrected chi connectivity index (χ3v) is 3.86. The van der Waals surface area contributed by atoms with Gasteiger partial charge in [0.2, 0.25) is 0 Å². The standard InChI is InChI=1S/C16H17NO2/c1-3-10-8-13-11-6-4-5-7-12(11)15(19-2)9-14(13)16(18)17-10/h4-7,9-10H,3,8H2,1-2H3,(H,17,18). The molecule has 98 valence electrons. The van der Waals surface area contributed by atoms with Crippen molar-refractivity contribution < 1.29 is 9.53 Å². The summed E-state index contributed by atoms with van der Waals surface area (Å²) in [6.45, 7) is 2.10. The zero-order chi connectivity index (χ0) is 13.4. The van der Waals surface area contributed by atoms with Gasteiger partial charge >= 0.3 is 0 Å². The molecular formula is C16H17NO2. The number of hydrogen-bond acceptors (Lipinski definition) is 2. The van der Waals surface area contributed by atoms with Crippen molar-refractivity contribution in [1.82, 2.24) is 5.32 Å². The Hall–Kier alpha value is -2.03. The molecule has 0 saturated heterocycles. The van der Waals surface area contributed by atoms with Gasteiger partial charge in [0.1, 0.15) is 5.75 Å². The molecule has 0 bridgehead atoms. The minimum absolute atomic E-state index is 0.0113. The third kappa shape index (κ3) is 1.86. The predicted molar refractivity (Wildman–Crippen MR) is 75.7 cm³/mol. The zero-order valence-electron chi connectivity index (χ0n) is 11.2. The highest BCUT2D eigenvalue weighted by atomic mass is 16.5. The van der Waals surface area contributed by atoms with Crippen LogP contribution in [-0.4, -0.2) is 19.1 Å². The number of carbonyl (C=O) groups excluding carboxylic acids is 1. The molecule has 1 heterocycles. The summed E-state index contributed by atoms with van der Waals surface area (Å²) in [7, 11) is 1.64. The van der Waals surface area contributed by atoms with Gasteiger partial charge in [-0.1, -0.05) is 31.2 Å². The molecular weight excluding hydrogens is 238 g/mol. The SMILES string of the molecule is CCC1Cc2c(cc(OC)c3ccccc23)C(=O)N1. The van der Waals surface area contributed by atoms with E-state index in [0.717, 1.165) is 40.5 Å². The van der Waals surface area contributed by atoms with Crippen LogP contribution in [0.25, 0.3) is 10.8 Å². The van der Waals surface area contributed by atoms with E-state index in [0.29, 0.717) is 0 Å². The van der Waals surface area contributed by atoms with Crippen LogP contribution in [0.2, 0.25) is 0 Å². The van der Waals surface area contributed by atoms with Crippen molar-refractivity contribution in [2.24, 2.45) is 0 Å². The number of carbonyl (C=O) groups is 1. The Balaban J connectivity index is 2.29. The van der Waals surface area contributed by atoms with Crippen molar-refractivity contribution in [2.45, 2.75) is 25.8 Å². The van der Waals surface area contributed by atoms with Gasteiger partial charge in [-0.15, -0.1) is 0 Å². The highest BCUT2D eigenvalue weighted by molar-refractivity contribution is 6.05. The lowest BCUT2D eigenvalue weighted by molar-refractivity contribution is 0.0924. The van der Waals surface area contributed by atoms with Crippen molar-refractivity contribution in [2.75, 3.05) is 7.11 Å². The Kier molecular flexibility index (Phi) is 2.90. The van der Waals surface area contributed by atoms with Gasteiger partial charge in [-0.25, -0.2) is 0 Å². The summed E-state index contributed by atoms with van der Waals surface area (Å²) in [6, 6.07) is 10.2. The first-order chi connectivity index (χ1) is 9.24. The Morgan fingerprint density at radius 2 is 2.05 bits per heavy atom. The van der Waals surface area contributed by atoms with Crippen LogP contribution in [0.1, 0.15) is 29.3 Å². The van der Waals surface area contributed by atoms with Crippen LogP contribution >= 0.6 is 0 Å². The number of benzene rings is 2. The first-order valence-corrected chi connectivity index (χ1v) is 6.64. The van der Waals surface area contributed by atoms with E-state index >= 15 is 0 Å². The molecule has 1 N–H and O–H groups in total. The van der Waals surface area contributed by atoms with Crippen molar-refractivity contribution in [1.29, 1.82) is 0 Å². The van der Waals surface area contributed by atoms with Gasteiger partial charge in [-0.05, 0) is 29.9 Å². The fourth-order valence-electron chi connectivity index (χ4n) is 2.80. The first-order valence-electron chi connectivity index (χ1n) is 6.64. The van der Waals surface area contributed by atoms with E-state index in [9.17, 15) is 4.79 Å². The van der Waals surface area contributed by atoms with Gasteiger partial charge in [0.05, 0.1) is 7.11 Å². The van der Waals surface area contributed by atoms with E-state index in [1.807, 2.05) is 24.3 Å². The highest BCUT2D eigenvalue weighted by Crippen LogP contribution is 2.34. The minimum atomic E-state index is 0.0113. The molecule has 0 aliphatic carbocycles. The minimum Gasteiger partial charge on any atom is -0.496 e. The van der Waals surface area contributed by atoms with Crippen LogP contribution in [0.3, 0.4) is 0 Å². The van der Waals surface area contributed by atoms with Crippen LogP contribution in [0.15, 0.2) is 30.3 Å². The summed E-state index contributed by atoms with van der Waals surface area (Å²) >= 11 is 0. The van der Waals surface area contributed by atoms with Crippen LogP contribution < -0.4 is 10.1 Å². The van der Waals surface area contributed by atoms with Gasteiger partial charge in [0, 0.05) is 17.0 Å². The Morgan fingerprint density at radius 1 is 1.32 bits per heavy atom. The molecule has 1 atom stereocenters. The van der Waals surface area contributed by atoms with Crippen LogP contribution in [-0.2, 0) is 6.42 Å². The second kappa shape index (κ2) is 4.57. The maximum Gasteiger partial charge on any atom is 0.251 e. The first kappa shape index (κ1) is 12.0. The molecule has 0 aromatic heterocycles. The quantitative estimate of drug-likeness (QED) is 0.896. The number of rotatable bonds is 2. The molecule has 1 aliphatic heterocycles. The molecule has 0 spiro atoms. The second-order valence-electron chi connectivity index (χ2n) is 4.93. The molecule has 3 rings (SSSR count). The molecule has 19 heavy (non-hydrogen) atoms. The molecule has 2 aromatic rings. The maximum atomic E-state index is 12.2. The van der Waals surface area contributed by atoms with Crippen molar-refractivity contribution in [3.8, 4) is 5.75 Å². The molecule has 3 nitrogen and oxygen atoms in total. The van der Waals surface area contributed by atoms with E-state index < -0.39 is 0 Å². The number of ether oxygens (including phenoxy) is 1. The molecule has 3 heteroatoms. The van der Waals surface area contributed by atoms with Gasteiger partial charge in [0.15, 0.2) is 0 Å². The topological polar surface area (TPSA) is 38.3 Å². The normalized spacial score (nSPS) is 18.0. The van der Waals surface area contributed by atoms with E-state index in [-0.39, 0.29) is 11.9 Å². The molecule has 1 amide bonds. The summed E-state index contributed by atoms with van der Waals surface area (Å²) in [6.07, 6.45) is 1.84. The number of amides is 1. The van der Waals surface area contributed by atoms with E-state index in [1.165, 1.54) is 0 Å². The molecule has 0 radical (unpaired) electrons. The van der Waals surface area contributed by atoms with Gasteiger partial charge in [0.25, 0.3) is 5.91 Å². The van der Waals surface area contributed by atoms with Crippen molar-refractivity contribution >= 4 is 16.7 Å². The van der Waals surface area contributed by atoms with Gasteiger partial charge in [-0.3, -0.25) is 4.79 Å². The average Bonchev–Trinajstić information content (AvgIpc) is 2.46. The fourth-order valence-corrected chi connectivity index (χ4v) is 2.80. The predicted octanol–water partition coefficient (Wildman–Crippen LogP) is 2.91. The Labute approximate surface area is 112 Å². The molecule has 1 unspecified atom stereocenters. The molecule has 1 aliphatic rings. The maximum absolute atomic E-state index is 12.2. The Morgan fingerprint density at radius 3 is 2.74 bits per heavy atom. The second-order valence-corrected chi connectivity index (χ2v) is 4.93. The zero-order valence-corrected chi connectivity index (χ0v) is 11.2. The summed E-state index contributed by atoms with van der Waals surface area (Å²) < 4.78 is 5.42. The van der Waals surface area contributed by atoms with Crippen molar-refractivity contribution in [3.63, 3.8) is 0 Å². The summed E-state index contributed by atoms with van der Waals surface area (Å²) in [4.78, 5) is 12.2. The summed E-state index contributed by atoms with van der Waals surface area (Å²) in [5, 5.41) is 5.25. The van der Waals surface area contributed by atoms with Crippen LogP contribution in [0.5, 0.6) is 5.75 Å².